The predicted molar refractivity (Wildman–Crippen MR) is 86.1 cm³/mol. The number of carbonyl (C=O) groups excluding carboxylic acids is 1. The summed E-state index contributed by atoms with van der Waals surface area (Å²) < 4.78 is 24.9. The molecule has 122 valence electrons. The lowest BCUT2D eigenvalue weighted by Crippen LogP contribution is -2.45. The smallest absolute Gasteiger partial charge is 0.272 e. The van der Waals surface area contributed by atoms with Crippen molar-refractivity contribution in [2.24, 2.45) is 5.73 Å². The molecular formula is C13H19ClN4O3S. The van der Waals surface area contributed by atoms with E-state index in [1.807, 2.05) is 0 Å². The van der Waals surface area contributed by atoms with Crippen molar-refractivity contribution < 1.29 is 13.2 Å². The van der Waals surface area contributed by atoms with Crippen LogP contribution in [0.3, 0.4) is 0 Å². The number of nitrogens with zero attached hydrogens (tertiary/aromatic N) is 2. The van der Waals surface area contributed by atoms with E-state index >= 15 is 0 Å². The van der Waals surface area contributed by atoms with Crippen LogP contribution >= 0.6 is 12.4 Å². The number of hydrogen-bond donors (Lipinski definition) is 2. The highest BCUT2D eigenvalue weighted by Gasteiger charge is 2.23. The van der Waals surface area contributed by atoms with Crippen LogP contribution < -0.4 is 11.1 Å². The molecule has 0 aromatic carbocycles. The van der Waals surface area contributed by atoms with E-state index in [1.54, 1.807) is 38.2 Å². The fraction of sp³-hybridized carbons (Fsp3) is 0.385. The molecule has 0 saturated carbocycles. The molecule has 0 radical (unpaired) electrons. The molecule has 2 heterocycles. The van der Waals surface area contributed by atoms with Crippen molar-refractivity contribution in [3.63, 3.8) is 0 Å². The first-order chi connectivity index (χ1) is 9.59. The summed E-state index contributed by atoms with van der Waals surface area (Å²) in [6.07, 6.45) is 2.61. The highest BCUT2D eigenvalue weighted by atomic mass is 35.5. The molecule has 0 saturated heterocycles. The van der Waals surface area contributed by atoms with Gasteiger partial charge in [0.15, 0.2) is 5.69 Å². The number of pyridine rings is 1. The first-order valence-electron chi connectivity index (χ1n) is 6.34. The van der Waals surface area contributed by atoms with Gasteiger partial charge in [-0.2, -0.15) is 0 Å². The van der Waals surface area contributed by atoms with Crippen LogP contribution in [0.15, 0.2) is 29.6 Å². The molecule has 2 rings (SSSR count). The molecule has 2 aromatic heterocycles. The van der Waals surface area contributed by atoms with Gasteiger partial charge in [0.1, 0.15) is 0 Å². The van der Waals surface area contributed by atoms with Crippen LogP contribution in [0.1, 0.15) is 24.3 Å². The van der Waals surface area contributed by atoms with E-state index in [-0.39, 0.29) is 29.8 Å². The molecule has 0 bridgehead atoms. The maximum Gasteiger partial charge on any atom is 0.272 e. The van der Waals surface area contributed by atoms with Gasteiger partial charge in [0, 0.05) is 24.5 Å². The number of amides is 1. The van der Waals surface area contributed by atoms with E-state index < -0.39 is 21.3 Å². The molecule has 0 spiro atoms. The lowest BCUT2D eigenvalue weighted by Gasteiger charge is -2.18. The minimum absolute atomic E-state index is 0. The maximum atomic E-state index is 12.2. The molecule has 0 fully saturated rings. The van der Waals surface area contributed by atoms with E-state index in [0.717, 1.165) is 6.26 Å². The summed E-state index contributed by atoms with van der Waals surface area (Å²) in [5.41, 5.74) is 5.75. The lowest BCUT2D eigenvalue weighted by molar-refractivity contribution is 0.0943. The van der Waals surface area contributed by atoms with Crippen LogP contribution in [-0.2, 0) is 9.84 Å². The first kappa shape index (κ1) is 18.4. The Labute approximate surface area is 135 Å². The van der Waals surface area contributed by atoms with Gasteiger partial charge < -0.3 is 11.1 Å². The Balaban J connectivity index is 0.00000242. The van der Waals surface area contributed by atoms with Gasteiger partial charge in [0.25, 0.3) is 5.91 Å². The van der Waals surface area contributed by atoms with E-state index in [2.05, 4.69) is 10.3 Å². The number of hydrogen-bond acceptors (Lipinski definition) is 5. The molecule has 7 nitrogen and oxygen atoms in total. The van der Waals surface area contributed by atoms with Crippen LogP contribution in [0.2, 0.25) is 0 Å². The van der Waals surface area contributed by atoms with E-state index in [9.17, 15) is 13.2 Å². The summed E-state index contributed by atoms with van der Waals surface area (Å²) in [5.74, 6) is -0.452. The number of sulfone groups is 1. The Morgan fingerprint density at radius 3 is 2.59 bits per heavy atom. The molecule has 0 aliphatic rings. The highest BCUT2D eigenvalue weighted by Crippen LogP contribution is 2.16. The number of nitrogens with two attached hydrogens (primary N) is 1. The van der Waals surface area contributed by atoms with Gasteiger partial charge in [-0.05, 0) is 26.0 Å². The van der Waals surface area contributed by atoms with Gasteiger partial charge >= 0.3 is 0 Å². The van der Waals surface area contributed by atoms with Crippen LogP contribution in [-0.4, -0.2) is 42.0 Å². The average Bonchev–Trinajstić information content (AvgIpc) is 2.74. The zero-order valence-electron chi connectivity index (χ0n) is 12.5. The number of halogens is 1. The van der Waals surface area contributed by atoms with Crippen LogP contribution in [0, 0.1) is 0 Å². The zero-order chi connectivity index (χ0) is 15.8. The van der Waals surface area contributed by atoms with Gasteiger partial charge in [-0.25, -0.2) is 13.4 Å². The second-order valence-corrected chi connectivity index (χ2v) is 7.55. The Kier molecular flexibility index (Phi) is 5.21. The van der Waals surface area contributed by atoms with E-state index in [1.165, 1.54) is 4.40 Å². The maximum absolute atomic E-state index is 12.2. The summed E-state index contributed by atoms with van der Waals surface area (Å²) in [4.78, 5) is 16.2. The third-order valence-corrected chi connectivity index (χ3v) is 3.72. The van der Waals surface area contributed by atoms with Crippen LogP contribution in [0.25, 0.3) is 5.52 Å². The van der Waals surface area contributed by atoms with Crippen molar-refractivity contribution in [2.45, 2.75) is 24.5 Å². The fourth-order valence-corrected chi connectivity index (χ4v) is 2.60. The minimum atomic E-state index is -3.54. The second kappa shape index (κ2) is 6.23. The summed E-state index contributed by atoms with van der Waals surface area (Å²) in [6.45, 7) is 3.81. The topological polar surface area (TPSA) is 107 Å². The van der Waals surface area contributed by atoms with Gasteiger partial charge in [-0.3, -0.25) is 9.20 Å². The first-order valence-corrected chi connectivity index (χ1v) is 8.23. The normalized spacial score (nSPS) is 12.0. The highest BCUT2D eigenvalue weighted by molar-refractivity contribution is 7.90. The number of carbonyl (C=O) groups is 1. The van der Waals surface area contributed by atoms with E-state index in [4.69, 9.17) is 5.73 Å². The van der Waals surface area contributed by atoms with Gasteiger partial charge in [-0.1, -0.05) is 6.07 Å². The Hall–Kier alpha value is -1.64. The molecule has 22 heavy (non-hydrogen) atoms. The number of nitrogens with one attached hydrogen (secondary N) is 1. The molecule has 3 N–H and O–H groups in total. The Bertz CT molecular complexity index is 793. The molecule has 0 aliphatic carbocycles. The standard InChI is InChI=1S/C13H18N4O3S.ClH/c1-13(2,14)8-15-11(18)10-9-6-4-5-7-17(9)12(16-10)21(3,19)20;/h4-7H,8,14H2,1-3H3,(H,15,18);1H. The fourth-order valence-electron chi connectivity index (χ4n) is 1.83. The third kappa shape index (κ3) is 3.96. The summed E-state index contributed by atoms with van der Waals surface area (Å²) in [6, 6.07) is 5.03. The monoisotopic (exact) mass is 346 g/mol. The van der Waals surface area contributed by atoms with Gasteiger partial charge in [0.05, 0.1) is 5.52 Å². The van der Waals surface area contributed by atoms with Crippen LogP contribution in [0.5, 0.6) is 0 Å². The van der Waals surface area contributed by atoms with Gasteiger partial charge in [0.2, 0.25) is 15.0 Å². The number of imidazole rings is 1. The molecule has 9 heteroatoms. The molecule has 0 aliphatic heterocycles. The summed E-state index contributed by atoms with van der Waals surface area (Å²) in [5, 5.41) is 2.50. The SMILES string of the molecule is CC(C)(N)CNC(=O)c1nc(S(C)(=O)=O)n2ccccc12.Cl. The number of rotatable bonds is 4. The molecule has 1 amide bonds. The number of fused-ring (bicyclic) bond motifs is 1. The Morgan fingerprint density at radius 2 is 2.05 bits per heavy atom. The largest absolute Gasteiger partial charge is 0.349 e. The summed E-state index contributed by atoms with van der Waals surface area (Å²) in [7, 11) is -3.54. The average molecular weight is 347 g/mol. The van der Waals surface area contributed by atoms with Crippen molar-refractivity contribution in [3.8, 4) is 0 Å². The quantitative estimate of drug-likeness (QED) is 0.844. The second-order valence-electron chi connectivity index (χ2n) is 5.64. The van der Waals surface area contributed by atoms with Crippen molar-refractivity contribution in [3.05, 3.63) is 30.1 Å². The van der Waals surface area contributed by atoms with Crippen molar-refractivity contribution in [1.29, 1.82) is 0 Å². The molecule has 2 aromatic rings. The van der Waals surface area contributed by atoms with Gasteiger partial charge in [-0.15, -0.1) is 12.4 Å². The lowest BCUT2D eigenvalue weighted by atomic mass is 10.1. The Morgan fingerprint density at radius 1 is 1.41 bits per heavy atom. The molecule has 0 atom stereocenters. The molecule has 0 unspecified atom stereocenters. The molecular weight excluding hydrogens is 328 g/mol. The zero-order valence-corrected chi connectivity index (χ0v) is 14.2. The predicted octanol–water partition coefficient (Wildman–Crippen LogP) is 0.627. The van der Waals surface area contributed by atoms with Crippen LogP contribution in [0.4, 0.5) is 0 Å². The van der Waals surface area contributed by atoms with Crippen molar-refractivity contribution in [1.82, 2.24) is 14.7 Å². The third-order valence-electron chi connectivity index (χ3n) is 2.77. The van der Waals surface area contributed by atoms with E-state index in [0.29, 0.717) is 5.52 Å². The van der Waals surface area contributed by atoms with Crippen molar-refractivity contribution >= 4 is 33.7 Å². The van der Waals surface area contributed by atoms with Crippen molar-refractivity contribution in [2.75, 3.05) is 12.8 Å². The number of aromatic nitrogens is 2. The minimum Gasteiger partial charge on any atom is -0.349 e. The summed E-state index contributed by atoms with van der Waals surface area (Å²) >= 11 is 0.